The lowest BCUT2D eigenvalue weighted by molar-refractivity contribution is 0.305. The van der Waals surface area contributed by atoms with E-state index >= 15 is 0 Å². The lowest BCUT2D eigenvalue weighted by Crippen LogP contribution is -2.09. The quantitative estimate of drug-likeness (QED) is 0.655. The molecule has 130 valence electrons. The molecular formula is C18H22N6O. The molecule has 0 atom stereocenters. The second-order valence-electron chi connectivity index (χ2n) is 6.33. The van der Waals surface area contributed by atoms with E-state index in [0.717, 1.165) is 55.2 Å². The van der Waals surface area contributed by atoms with Gasteiger partial charge in [-0.05, 0) is 43.9 Å². The molecule has 25 heavy (non-hydrogen) atoms. The van der Waals surface area contributed by atoms with Crippen LogP contribution in [0.2, 0.25) is 0 Å². The van der Waals surface area contributed by atoms with E-state index in [4.69, 9.17) is 10.5 Å². The first-order valence-corrected chi connectivity index (χ1v) is 8.67. The third-order valence-electron chi connectivity index (χ3n) is 4.42. The Hall–Kier alpha value is -2.83. The van der Waals surface area contributed by atoms with Gasteiger partial charge in [-0.25, -0.2) is 4.98 Å². The molecule has 2 aromatic heterocycles. The minimum Gasteiger partial charge on any atom is -0.494 e. The van der Waals surface area contributed by atoms with E-state index in [-0.39, 0.29) is 0 Å². The minimum absolute atomic E-state index is 0.413. The van der Waals surface area contributed by atoms with Crippen molar-refractivity contribution < 1.29 is 4.74 Å². The van der Waals surface area contributed by atoms with Crippen LogP contribution in [0.4, 0.5) is 11.8 Å². The standard InChI is InChI=1S/C18H22N6O/c1-12-21-15-16(19)22-18-20-8-3-2-4-9-25-14-7-5-6-13(10-14)11-24(12)17(15)23-18/h5-7,10H,2-4,8-9,11H2,1H3,(H3,19,20,22,23). The first-order chi connectivity index (χ1) is 12.2. The van der Waals surface area contributed by atoms with Gasteiger partial charge in [-0.1, -0.05) is 12.1 Å². The molecule has 0 unspecified atom stereocenters. The molecule has 0 saturated heterocycles. The van der Waals surface area contributed by atoms with Crippen LogP contribution >= 0.6 is 0 Å². The average Bonchev–Trinajstić information content (AvgIpc) is 2.90. The number of hydrogen-bond donors (Lipinski definition) is 2. The summed E-state index contributed by atoms with van der Waals surface area (Å²) in [5, 5.41) is 3.27. The number of benzene rings is 1. The maximum Gasteiger partial charge on any atom is 0.226 e. The van der Waals surface area contributed by atoms with Gasteiger partial charge in [0, 0.05) is 6.54 Å². The molecule has 7 nitrogen and oxygen atoms in total. The van der Waals surface area contributed by atoms with Gasteiger partial charge in [0.05, 0.1) is 13.2 Å². The number of ether oxygens (including phenoxy) is 1. The largest absolute Gasteiger partial charge is 0.494 e. The van der Waals surface area contributed by atoms with Crippen LogP contribution in [0.5, 0.6) is 5.75 Å². The fraction of sp³-hybridized carbons (Fsp3) is 0.389. The second-order valence-corrected chi connectivity index (χ2v) is 6.33. The van der Waals surface area contributed by atoms with Crippen molar-refractivity contribution in [3.63, 3.8) is 0 Å². The van der Waals surface area contributed by atoms with Crippen molar-refractivity contribution in [2.45, 2.75) is 32.7 Å². The normalized spacial score (nSPS) is 15.2. The van der Waals surface area contributed by atoms with Gasteiger partial charge in [-0.2, -0.15) is 9.97 Å². The Balaban J connectivity index is 1.80. The molecule has 3 N–H and O–H groups in total. The number of fused-ring (bicyclic) bond motifs is 3. The summed E-state index contributed by atoms with van der Waals surface area (Å²) in [7, 11) is 0. The van der Waals surface area contributed by atoms with Gasteiger partial charge in [0.2, 0.25) is 5.95 Å². The Labute approximate surface area is 146 Å². The van der Waals surface area contributed by atoms with Crippen LogP contribution in [-0.2, 0) is 6.54 Å². The maximum atomic E-state index is 6.11. The highest BCUT2D eigenvalue weighted by Crippen LogP contribution is 2.23. The van der Waals surface area contributed by atoms with Crippen molar-refractivity contribution in [1.82, 2.24) is 19.5 Å². The molecule has 0 amide bonds. The highest BCUT2D eigenvalue weighted by Gasteiger charge is 2.15. The van der Waals surface area contributed by atoms with Crippen LogP contribution in [0.3, 0.4) is 0 Å². The van der Waals surface area contributed by atoms with Crippen molar-refractivity contribution in [3.05, 3.63) is 35.7 Å². The van der Waals surface area contributed by atoms with Gasteiger partial charge in [0.1, 0.15) is 11.6 Å². The van der Waals surface area contributed by atoms with Crippen LogP contribution < -0.4 is 15.8 Å². The van der Waals surface area contributed by atoms with Crippen LogP contribution in [0.1, 0.15) is 30.7 Å². The van der Waals surface area contributed by atoms with Gasteiger partial charge in [0.25, 0.3) is 0 Å². The molecule has 0 spiro atoms. The maximum absolute atomic E-state index is 6.11. The molecule has 0 aliphatic carbocycles. The van der Waals surface area contributed by atoms with Gasteiger partial charge >= 0.3 is 0 Å². The molecule has 3 aromatic rings. The molecule has 0 saturated carbocycles. The van der Waals surface area contributed by atoms with Crippen molar-refractivity contribution >= 4 is 22.9 Å². The molecule has 0 radical (unpaired) electrons. The molecule has 4 rings (SSSR count). The van der Waals surface area contributed by atoms with E-state index in [2.05, 4.69) is 37.0 Å². The zero-order valence-corrected chi connectivity index (χ0v) is 14.3. The summed E-state index contributed by atoms with van der Waals surface area (Å²) >= 11 is 0. The minimum atomic E-state index is 0.413. The smallest absolute Gasteiger partial charge is 0.226 e. The number of rotatable bonds is 0. The number of imidazole rings is 1. The van der Waals surface area contributed by atoms with Crippen LogP contribution in [0, 0.1) is 6.92 Å². The molecule has 3 heterocycles. The SMILES string of the molecule is Cc1nc2c(N)nc3nc2n1Cc1cccc(c1)OCCCCCN3. The highest BCUT2D eigenvalue weighted by molar-refractivity contribution is 5.83. The predicted molar refractivity (Wildman–Crippen MR) is 97.9 cm³/mol. The van der Waals surface area contributed by atoms with Crippen molar-refractivity contribution in [3.8, 4) is 5.75 Å². The molecule has 0 fully saturated rings. The molecule has 1 aliphatic rings. The van der Waals surface area contributed by atoms with Gasteiger partial charge in [-0.3, -0.25) is 0 Å². The summed E-state index contributed by atoms with van der Waals surface area (Å²) in [6.07, 6.45) is 3.14. The van der Waals surface area contributed by atoms with Crippen LogP contribution in [-0.4, -0.2) is 32.7 Å². The Morgan fingerprint density at radius 3 is 3.00 bits per heavy atom. The lowest BCUT2D eigenvalue weighted by atomic mass is 10.2. The Bertz CT molecular complexity index is 904. The molecule has 1 aliphatic heterocycles. The fourth-order valence-electron chi connectivity index (χ4n) is 3.11. The summed E-state index contributed by atoms with van der Waals surface area (Å²) in [5.74, 6) is 2.74. The van der Waals surface area contributed by atoms with Gasteiger partial charge in [-0.15, -0.1) is 0 Å². The third-order valence-corrected chi connectivity index (χ3v) is 4.42. The topological polar surface area (TPSA) is 90.9 Å². The molecule has 1 aromatic carbocycles. The number of hydrogen-bond acceptors (Lipinski definition) is 6. The number of aromatic nitrogens is 4. The number of aryl methyl sites for hydroxylation is 1. The van der Waals surface area contributed by atoms with Crippen molar-refractivity contribution in [2.24, 2.45) is 0 Å². The van der Waals surface area contributed by atoms with E-state index in [1.807, 2.05) is 19.1 Å². The third kappa shape index (κ3) is 3.22. The highest BCUT2D eigenvalue weighted by atomic mass is 16.5. The summed E-state index contributed by atoms with van der Waals surface area (Å²) < 4.78 is 7.95. The van der Waals surface area contributed by atoms with E-state index in [0.29, 0.717) is 23.8 Å². The summed E-state index contributed by atoms with van der Waals surface area (Å²) in [5.41, 5.74) is 8.66. The molecule has 4 bridgehead atoms. The van der Waals surface area contributed by atoms with Crippen molar-refractivity contribution in [1.29, 1.82) is 0 Å². The number of nitrogens with zero attached hydrogens (tertiary/aromatic N) is 4. The van der Waals surface area contributed by atoms with Gasteiger partial charge in [0.15, 0.2) is 17.0 Å². The van der Waals surface area contributed by atoms with E-state index in [9.17, 15) is 0 Å². The van der Waals surface area contributed by atoms with E-state index in [1.54, 1.807) is 0 Å². The number of nitrogens with one attached hydrogen (secondary N) is 1. The Kier molecular flexibility index (Phi) is 4.13. The molecule has 7 heteroatoms. The average molecular weight is 338 g/mol. The zero-order valence-electron chi connectivity index (χ0n) is 14.3. The van der Waals surface area contributed by atoms with Crippen molar-refractivity contribution in [2.75, 3.05) is 24.2 Å². The van der Waals surface area contributed by atoms with Crippen LogP contribution in [0.25, 0.3) is 11.2 Å². The van der Waals surface area contributed by atoms with E-state index < -0.39 is 0 Å². The second kappa shape index (κ2) is 6.58. The Morgan fingerprint density at radius 1 is 1.16 bits per heavy atom. The summed E-state index contributed by atoms with van der Waals surface area (Å²) in [4.78, 5) is 13.6. The lowest BCUT2D eigenvalue weighted by Gasteiger charge is -2.10. The van der Waals surface area contributed by atoms with E-state index in [1.165, 1.54) is 0 Å². The number of nitrogens with two attached hydrogens (primary N) is 1. The predicted octanol–water partition coefficient (Wildman–Crippen LogP) is 2.74. The first-order valence-electron chi connectivity index (χ1n) is 8.67. The molecular weight excluding hydrogens is 316 g/mol. The monoisotopic (exact) mass is 338 g/mol. The number of nitrogen functional groups attached to an aromatic ring is 1. The van der Waals surface area contributed by atoms with Crippen LogP contribution in [0.15, 0.2) is 24.3 Å². The number of anilines is 2. The summed E-state index contributed by atoms with van der Waals surface area (Å²) in [6, 6.07) is 8.18. The zero-order chi connectivity index (χ0) is 17.2. The van der Waals surface area contributed by atoms with Gasteiger partial charge < -0.3 is 20.4 Å². The summed E-state index contributed by atoms with van der Waals surface area (Å²) in [6.45, 7) is 4.17. The fourth-order valence-corrected chi connectivity index (χ4v) is 3.11. The Morgan fingerprint density at radius 2 is 2.08 bits per heavy atom. The first kappa shape index (κ1) is 15.7.